The molecule has 0 aromatic carbocycles. The van der Waals surface area contributed by atoms with Crippen molar-refractivity contribution in [1.82, 2.24) is 9.88 Å². The highest BCUT2D eigenvalue weighted by atomic mass is 15.1. The van der Waals surface area contributed by atoms with Crippen LogP contribution in [0.15, 0.2) is 30.5 Å². The van der Waals surface area contributed by atoms with Gasteiger partial charge in [-0.2, -0.15) is 0 Å². The van der Waals surface area contributed by atoms with Crippen molar-refractivity contribution in [2.45, 2.75) is 19.3 Å². The summed E-state index contributed by atoms with van der Waals surface area (Å²) in [5.41, 5.74) is 2.61. The molecular weight excluding hydrogens is 196 g/mol. The number of hydrogen-bond acceptors (Lipinski definition) is 2. The Balaban J connectivity index is 2.20. The molecular formula is C14H20N2. The van der Waals surface area contributed by atoms with Gasteiger partial charge in [0.05, 0.1) is 5.69 Å². The third-order valence-electron chi connectivity index (χ3n) is 3.11. The highest BCUT2D eigenvalue weighted by Gasteiger charge is 2.20. The van der Waals surface area contributed by atoms with Gasteiger partial charge in [-0.3, -0.25) is 4.98 Å². The molecule has 0 radical (unpaired) electrons. The number of aromatic nitrogens is 1. The summed E-state index contributed by atoms with van der Waals surface area (Å²) in [6.07, 6.45) is 8.07. The van der Waals surface area contributed by atoms with E-state index in [2.05, 4.69) is 42.2 Å². The van der Waals surface area contributed by atoms with E-state index in [4.69, 9.17) is 0 Å². The minimum atomic E-state index is 0.652. The van der Waals surface area contributed by atoms with Crippen molar-refractivity contribution in [1.29, 1.82) is 0 Å². The van der Waals surface area contributed by atoms with Crippen LogP contribution in [0.3, 0.4) is 0 Å². The van der Waals surface area contributed by atoms with Gasteiger partial charge in [-0.05, 0) is 57.0 Å². The highest BCUT2D eigenvalue weighted by molar-refractivity contribution is 5.65. The molecule has 0 aliphatic heterocycles. The SMILES string of the molecule is CN(C)CC1CCCC=C1c1ccccn1. The fraction of sp³-hybridized carbons (Fsp3) is 0.500. The van der Waals surface area contributed by atoms with Gasteiger partial charge in [-0.25, -0.2) is 0 Å². The van der Waals surface area contributed by atoms with Crippen LogP contribution in [0, 0.1) is 5.92 Å². The average molecular weight is 216 g/mol. The predicted molar refractivity (Wildman–Crippen MR) is 68.1 cm³/mol. The highest BCUT2D eigenvalue weighted by Crippen LogP contribution is 2.31. The zero-order valence-corrected chi connectivity index (χ0v) is 10.2. The van der Waals surface area contributed by atoms with Gasteiger partial charge >= 0.3 is 0 Å². The van der Waals surface area contributed by atoms with Crippen molar-refractivity contribution in [2.75, 3.05) is 20.6 Å². The van der Waals surface area contributed by atoms with Crippen molar-refractivity contribution in [3.8, 4) is 0 Å². The van der Waals surface area contributed by atoms with Gasteiger partial charge in [0.15, 0.2) is 0 Å². The molecule has 2 rings (SSSR count). The molecule has 16 heavy (non-hydrogen) atoms. The topological polar surface area (TPSA) is 16.1 Å². The Morgan fingerprint density at radius 3 is 2.94 bits per heavy atom. The molecule has 1 aliphatic carbocycles. The zero-order valence-electron chi connectivity index (χ0n) is 10.2. The van der Waals surface area contributed by atoms with Crippen molar-refractivity contribution >= 4 is 5.57 Å². The quantitative estimate of drug-likeness (QED) is 0.772. The Kier molecular flexibility index (Phi) is 3.73. The van der Waals surface area contributed by atoms with E-state index in [9.17, 15) is 0 Å². The van der Waals surface area contributed by atoms with Crippen LogP contribution in [-0.2, 0) is 0 Å². The van der Waals surface area contributed by atoms with E-state index in [1.54, 1.807) is 0 Å². The third-order valence-corrected chi connectivity index (χ3v) is 3.11. The van der Waals surface area contributed by atoms with Crippen LogP contribution in [0.4, 0.5) is 0 Å². The van der Waals surface area contributed by atoms with Crippen LogP contribution >= 0.6 is 0 Å². The first kappa shape index (κ1) is 11.3. The lowest BCUT2D eigenvalue weighted by Gasteiger charge is -2.26. The van der Waals surface area contributed by atoms with Gasteiger partial charge < -0.3 is 4.90 Å². The van der Waals surface area contributed by atoms with Gasteiger partial charge in [-0.15, -0.1) is 0 Å². The average Bonchev–Trinajstić information content (AvgIpc) is 2.30. The molecule has 0 saturated carbocycles. The Bertz CT molecular complexity index is 354. The monoisotopic (exact) mass is 216 g/mol. The van der Waals surface area contributed by atoms with Gasteiger partial charge in [0.1, 0.15) is 0 Å². The minimum absolute atomic E-state index is 0.652. The minimum Gasteiger partial charge on any atom is -0.309 e. The summed E-state index contributed by atoms with van der Waals surface area (Å²) in [5, 5.41) is 0. The molecule has 86 valence electrons. The van der Waals surface area contributed by atoms with Crippen molar-refractivity contribution < 1.29 is 0 Å². The van der Waals surface area contributed by atoms with Gasteiger partial charge in [-0.1, -0.05) is 12.1 Å². The first-order valence-electron chi connectivity index (χ1n) is 6.03. The normalized spacial score (nSPS) is 20.9. The lowest BCUT2D eigenvalue weighted by molar-refractivity contribution is 0.346. The molecule has 0 fully saturated rings. The van der Waals surface area contributed by atoms with Crippen molar-refractivity contribution in [2.24, 2.45) is 5.92 Å². The largest absolute Gasteiger partial charge is 0.309 e. The van der Waals surface area contributed by atoms with E-state index >= 15 is 0 Å². The van der Waals surface area contributed by atoms with Crippen molar-refractivity contribution in [3.63, 3.8) is 0 Å². The Hall–Kier alpha value is -1.15. The third kappa shape index (κ3) is 2.70. The number of rotatable bonds is 3. The first-order chi connectivity index (χ1) is 7.77. The molecule has 1 aliphatic rings. The van der Waals surface area contributed by atoms with E-state index in [0.717, 1.165) is 12.2 Å². The van der Waals surface area contributed by atoms with Crippen LogP contribution in [0.25, 0.3) is 5.57 Å². The number of pyridine rings is 1. The molecule has 1 aromatic rings. The molecule has 1 unspecified atom stereocenters. The molecule has 0 spiro atoms. The maximum absolute atomic E-state index is 4.47. The van der Waals surface area contributed by atoms with Crippen LogP contribution in [0.5, 0.6) is 0 Å². The predicted octanol–water partition coefficient (Wildman–Crippen LogP) is 2.83. The second-order valence-corrected chi connectivity index (χ2v) is 4.76. The molecule has 1 atom stereocenters. The van der Waals surface area contributed by atoms with Crippen LogP contribution in [0.1, 0.15) is 25.0 Å². The molecule has 2 heteroatoms. The lowest BCUT2D eigenvalue weighted by Crippen LogP contribution is -2.24. The molecule has 1 heterocycles. The molecule has 0 saturated heterocycles. The summed E-state index contributed by atoms with van der Waals surface area (Å²) in [4.78, 5) is 6.74. The van der Waals surface area contributed by atoms with E-state index in [1.165, 1.54) is 24.8 Å². The summed E-state index contributed by atoms with van der Waals surface area (Å²) in [5.74, 6) is 0.652. The molecule has 1 aromatic heterocycles. The molecule has 0 N–H and O–H groups in total. The number of hydrogen-bond donors (Lipinski definition) is 0. The van der Waals surface area contributed by atoms with E-state index in [0.29, 0.717) is 5.92 Å². The summed E-state index contributed by atoms with van der Waals surface area (Å²) in [6, 6.07) is 6.18. The maximum Gasteiger partial charge on any atom is 0.0661 e. The van der Waals surface area contributed by atoms with E-state index in [-0.39, 0.29) is 0 Å². The van der Waals surface area contributed by atoms with E-state index < -0.39 is 0 Å². The second-order valence-electron chi connectivity index (χ2n) is 4.76. The molecule has 2 nitrogen and oxygen atoms in total. The Morgan fingerprint density at radius 1 is 1.38 bits per heavy atom. The van der Waals surface area contributed by atoms with Crippen LogP contribution in [0.2, 0.25) is 0 Å². The first-order valence-corrected chi connectivity index (χ1v) is 6.03. The smallest absolute Gasteiger partial charge is 0.0661 e. The van der Waals surface area contributed by atoms with Gasteiger partial charge in [0.25, 0.3) is 0 Å². The molecule has 0 amide bonds. The lowest BCUT2D eigenvalue weighted by atomic mass is 9.85. The second kappa shape index (κ2) is 5.26. The Labute approximate surface area is 98.0 Å². The van der Waals surface area contributed by atoms with E-state index in [1.807, 2.05) is 12.3 Å². The fourth-order valence-electron chi connectivity index (χ4n) is 2.42. The maximum atomic E-state index is 4.47. The molecule has 0 bridgehead atoms. The standard InChI is InChI=1S/C14H20N2/c1-16(2)11-12-7-3-4-8-13(12)14-9-5-6-10-15-14/h5-6,8-10,12H,3-4,7,11H2,1-2H3. The van der Waals surface area contributed by atoms with Gasteiger partial charge in [0, 0.05) is 12.7 Å². The summed E-state index contributed by atoms with van der Waals surface area (Å²) in [6.45, 7) is 1.13. The van der Waals surface area contributed by atoms with Crippen LogP contribution in [-0.4, -0.2) is 30.5 Å². The van der Waals surface area contributed by atoms with Gasteiger partial charge in [0.2, 0.25) is 0 Å². The summed E-state index contributed by atoms with van der Waals surface area (Å²) < 4.78 is 0. The Morgan fingerprint density at radius 2 is 2.25 bits per heavy atom. The zero-order chi connectivity index (χ0) is 11.4. The van der Waals surface area contributed by atoms with Crippen LogP contribution < -0.4 is 0 Å². The number of nitrogens with zero attached hydrogens (tertiary/aromatic N) is 2. The fourth-order valence-corrected chi connectivity index (χ4v) is 2.42. The number of allylic oxidation sites excluding steroid dienone is 1. The van der Waals surface area contributed by atoms with Crippen molar-refractivity contribution in [3.05, 3.63) is 36.2 Å². The summed E-state index contributed by atoms with van der Waals surface area (Å²) >= 11 is 0. The summed E-state index contributed by atoms with van der Waals surface area (Å²) in [7, 11) is 4.29.